The van der Waals surface area contributed by atoms with Gasteiger partial charge in [-0.3, -0.25) is 14.9 Å². The average molecular weight is 404 g/mol. The lowest BCUT2D eigenvalue weighted by Crippen LogP contribution is -2.30. The van der Waals surface area contributed by atoms with Gasteiger partial charge in [-0.15, -0.1) is 0 Å². The standard InChI is InChI=1S/C19H15F3N4O3/c1-25(17(9-10-23)13-5-4-6-14(11-13)26(28)29)12-18(27)24-16-8-3-2-7-15(16)19(20,21)22/h2-9,11H,12H2,1H3,(H,24,27)/b17-9+. The van der Waals surface area contributed by atoms with Crippen molar-refractivity contribution in [1.82, 2.24) is 4.90 Å². The fraction of sp³-hybridized carbons (Fsp3) is 0.158. The van der Waals surface area contributed by atoms with Crippen LogP contribution < -0.4 is 5.32 Å². The Hall–Kier alpha value is -3.87. The van der Waals surface area contributed by atoms with Crippen molar-refractivity contribution in [3.63, 3.8) is 0 Å². The highest BCUT2D eigenvalue weighted by Gasteiger charge is 2.33. The number of halogens is 3. The molecule has 1 amide bonds. The summed E-state index contributed by atoms with van der Waals surface area (Å²) in [5.41, 5.74) is -1.06. The molecule has 0 unspecified atom stereocenters. The Labute approximate surface area is 163 Å². The molecule has 0 aliphatic rings. The van der Waals surface area contributed by atoms with Crippen LogP contribution in [0.1, 0.15) is 11.1 Å². The Morgan fingerprint density at radius 2 is 1.97 bits per heavy atom. The van der Waals surface area contributed by atoms with Crippen LogP contribution in [0.15, 0.2) is 54.6 Å². The van der Waals surface area contributed by atoms with Crippen molar-refractivity contribution in [3.05, 3.63) is 75.8 Å². The summed E-state index contributed by atoms with van der Waals surface area (Å²) in [6, 6.07) is 11.8. The third-order valence-corrected chi connectivity index (χ3v) is 3.85. The fourth-order valence-electron chi connectivity index (χ4n) is 2.58. The van der Waals surface area contributed by atoms with E-state index in [9.17, 15) is 28.1 Å². The number of carbonyl (C=O) groups is 1. The van der Waals surface area contributed by atoms with E-state index in [1.807, 2.05) is 0 Å². The van der Waals surface area contributed by atoms with E-state index < -0.39 is 22.6 Å². The molecule has 0 spiro atoms. The van der Waals surface area contributed by atoms with Crippen molar-refractivity contribution in [2.24, 2.45) is 0 Å². The molecule has 0 saturated heterocycles. The monoisotopic (exact) mass is 404 g/mol. The summed E-state index contributed by atoms with van der Waals surface area (Å²) in [5.74, 6) is -0.751. The zero-order valence-corrected chi connectivity index (χ0v) is 15.1. The minimum absolute atomic E-state index is 0.204. The van der Waals surface area contributed by atoms with Gasteiger partial charge in [0, 0.05) is 30.8 Å². The van der Waals surface area contributed by atoms with Gasteiger partial charge in [0.05, 0.1) is 34.5 Å². The highest BCUT2D eigenvalue weighted by Crippen LogP contribution is 2.34. The van der Waals surface area contributed by atoms with E-state index in [0.717, 1.165) is 18.2 Å². The van der Waals surface area contributed by atoms with E-state index in [1.54, 1.807) is 6.07 Å². The Morgan fingerprint density at radius 3 is 2.59 bits per heavy atom. The second-order valence-electron chi connectivity index (χ2n) is 5.91. The molecule has 0 aliphatic heterocycles. The fourth-order valence-corrected chi connectivity index (χ4v) is 2.58. The van der Waals surface area contributed by atoms with E-state index in [4.69, 9.17) is 5.26 Å². The predicted octanol–water partition coefficient (Wildman–Crippen LogP) is 4.05. The molecule has 2 rings (SSSR count). The first-order valence-electron chi connectivity index (χ1n) is 8.15. The number of hydrogen-bond donors (Lipinski definition) is 1. The lowest BCUT2D eigenvalue weighted by molar-refractivity contribution is -0.384. The van der Waals surface area contributed by atoms with Crippen LogP contribution in [-0.4, -0.2) is 29.3 Å². The molecule has 7 nitrogen and oxygen atoms in total. The van der Waals surface area contributed by atoms with E-state index in [1.165, 1.54) is 48.3 Å². The van der Waals surface area contributed by atoms with Crippen LogP contribution in [0.3, 0.4) is 0 Å². The third kappa shape index (κ3) is 5.55. The second-order valence-corrected chi connectivity index (χ2v) is 5.91. The van der Waals surface area contributed by atoms with Gasteiger partial charge in [0.15, 0.2) is 0 Å². The third-order valence-electron chi connectivity index (χ3n) is 3.85. The van der Waals surface area contributed by atoms with Crippen LogP contribution in [0, 0.1) is 21.4 Å². The van der Waals surface area contributed by atoms with E-state index in [2.05, 4.69) is 5.32 Å². The number of rotatable bonds is 6. The first-order valence-corrected chi connectivity index (χ1v) is 8.15. The summed E-state index contributed by atoms with van der Waals surface area (Å²) >= 11 is 0. The zero-order chi connectivity index (χ0) is 21.6. The summed E-state index contributed by atoms with van der Waals surface area (Å²) < 4.78 is 39.2. The number of para-hydroxylation sites is 1. The Bertz CT molecular complexity index is 997. The number of carbonyl (C=O) groups excluding carboxylic acids is 1. The molecule has 0 radical (unpaired) electrons. The number of nitriles is 1. The molecular weight excluding hydrogens is 389 g/mol. The molecule has 0 aromatic heterocycles. The maximum absolute atomic E-state index is 13.1. The number of hydrogen-bond acceptors (Lipinski definition) is 5. The minimum atomic E-state index is -4.63. The highest BCUT2D eigenvalue weighted by molar-refractivity contribution is 5.94. The van der Waals surface area contributed by atoms with Gasteiger partial charge in [-0.25, -0.2) is 0 Å². The quantitative estimate of drug-likeness (QED) is 0.445. The van der Waals surface area contributed by atoms with Crippen LogP contribution in [-0.2, 0) is 11.0 Å². The number of nitro benzene ring substituents is 1. The molecule has 0 saturated carbocycles. The summed E-state index contributed by atoms with van der Waals surface area (Å²) in [5, 5.41) is 22.2. The van der Waals surface area contributed by atoms with Gasteiger partial charge in [0.25, 0.3) is 5.69 Å². The van der Waals surface area contributed by atoms with E-state index in [-0.39, 0.29) is 23.6 Å². The number of benzene rings is 2. The first-order chi connectivity index (χ1) is 13.6. The van der Waals surface area contributed by atoms with Crippen molar-refractivity contribution >= 4 is 23.0 Å². The molecule has 150 valence electrons. The highest BCUT2D eigenvalue weighted by atomic mass is 19.4. The molecule has 0 atom stereocenters. The zero-order valence-electron chi connectivity index (χ0n) is 15.1. The number of nitro groups is 1. The number of alkyl halides is 3. The van der Waals surface area contributed by atoms with Gasteiger partial charge in [0.2, 0.25) is 5.91 Å². The minimum Gasteiger partial charge on any atom is -0.364 e. The normalized spacial score (nSPS) is 11.5. The topological polar surface area (TPSA) is 99.3 Å². The van der Waals surface area contributed by atoms with Gasteiger partial charge in [-0.05, 0) is 12.1 Å². The van der Waals surface area contributed by atoms with Crippen molar-refractivity contribution in [1.29, 1.82) is 5.26 Å². The molecule has 0 fully saturated rings. The molecule has 0 aliphatic carbocycles. The van der Waals surface area contributed by atoms with Crippen molar-refractivity contribution in [2.45, 2.75) is 6.18 Å². The average Bonchev–Trinajstić information content (AvgIpc) is 2.65. The number of nitrogens with zero attached hydrogens (tertiary/aromatic N) is 3. The lowest BCUT2D eigenvalue weighted by Gasteiger charge is -2.22. The van der Waals surface area contributed by atoms with Gasteiger partial charge < -0.3 is 10.2 Å². The molecule has 1 N–H and O–H groups in total. The molecule has 10 heteroatoms. The van der Waals surface area contributed by atoms with Crippen LogP contribution in [0.2, 0.25) is 0 Å². The smallest absolute Gasteiger partial charge is 0.364 e. The van der Waals surface area contributed by atoms with E-state index in [0.29, 0.717) is 5.56 Å². The van der Waals surface area contributed by atoms with Gasteiger partial charge in [-0.2, -0.15) is 18.4 Å². The van der Waals surface area contributed by atoms with Crippen molar-refractivity contribution in [2.75, 3.05) is 18.9 Å². The lowest BCUT2D eigenvalue weighted by atomic mass is 10.1. The second kappa shape index (κ2) is 8.88. The Morgan fingerprint density at radius 1 is 1.28 bits per heavy atom. The van der Waals surface area contributed by atoms with Crippen molar-refractivity contribution in [3.8, 4) is 6.07 Å². The first kappa shape index (κ1) is 21.4. The number of allylic oxidation sites excluding steroid dienone is 1. The van der Waals surface area contributed by atoms with E-state index >= 15 is 0 Å². The number of amides is 1. The SMILES string of the molecule is CN(CC(=O)Nc1ccccc1C(F)(F)F)/C(=C/C#N)c1cccc([N+](=O)[O-])c1. The molecule has 0 bridgehead atoms. The Balaban J connectivity index is 2.22. The molecule has 2 aromatic rings. The maximum Gasteiger partial charge on any atom is 0.418 e. The molecule has 2 aromatic carbocycles. The van der Waals surface area contributed by atoms with Crippen LogP contribution in [0.5, 0.6) is 0 Å². The largest absolute Gasteiger partial charge is 0.418 e. The molecule has 29 heavy (non-hydrogen) atoms. The number of nitrogens with one attached hydrogen (secondary N) is 1. The summed E-state index contributed by atoms with van der Waals surface area (Å²) in [6.07, 6.45) is -3.54. The van der Waals surface area contributed by atoms with Gasteiger partial charge in [0.1, 0.15) is 0 Å². The number of anilines is 1. The summed E-state index contributed by atoms with van der Waals surface area (Å²) in [4.78, 5) is 23.9. The summed E-state index contributed by atoms with van der Waals surface area (Å²) in [7, 11) is 1.44. The number of non-ortho nitro benzene ring substituents is 1. The molecular formula is C19H15F3N4O3. The van der Waals surface area contributed by atoms with Crippen LogP contribution in [0.4, 0.5) is 24.5 Å². The predicted molar refractivity (Wildman–Crippen MR) is 99.4 cm³/mol. The van der Waals surface area contributed by atoms with Crippen molar-refractivity contribution < 1.29 is 22.9 Å². The number of likely N-dealkylation sites (N-methyl/N-ethyl adjacent to an activating group) is 1. The van der Waals surface area contributed by atoms with Gasteiger partial charge >= 0.3 is 6.18 Å². The maximum atomic E-state index is 13.1. The van der Waals surface area contributed by atoms with Gasteiger partial charge in [-0.1, -0.05) is 24.3 Å². The molecule has 0 heterocycles. The summed E-state index contributed by atoms with van der Waals surface area (Å²) in [6.45, 7) is -0.387. The Kier molecular flexibility index (Phi) is 6.56. The van der Waals surface area contributed by atoms with Crippen LogP contribution in [0.25, 0.3) is 5.70 Å². The van der Waals surface area contributed by atoms with Crippen LogP contribution >= 0.6 is 0 Å².